The molecule has 0 bridgehead atoms. The van der Waals surface area contributed by atoms with Gasteiger partial charge >= 0.3 is 0 Å². The quantitative estimate of drug-likeness (QED) is 0.801. The van der Waals surface area contributed by atoms with Crippen LogP contribution in [-0.2, 0) is 0 Å². The molecule has 0 aliphatic rings. The zero-order chi connectivity index (χ0) is 14.8. The van der Waals surface area contributed by atoms with Crippen molar-refractivity contribution in [1.29, 1.82) is 5.26 Å². The van der Waals surface area contributed by atoms with E-state index in [1.807, 2.05) is 11.4 Å². The van der Waals surface area contributed by atoms with Gasteiger partial charge in [0.1, 0.15) is 28.0 Å². The lowest BCUT2D eigenvalue weighted by atomic mass is 10.2. The molecule has 0 saturated carbocycles. The highest BCUT2D eigenvalue weighted by Crippen LogP contribution is 2.33. The summed E-state index contributed by atoms with van der Waals surface area (Å²) in [6.07, 6.45) is 0. The predicted octanol–water partition coefficient (Wildman–Crippen LogP) is 3.54. The Morgan fingerprint density at radius 3 is 2.95 bits per heavy atom. The molecule has 1 aromatic carbocycles. The van der Waals surface area contributed by atoms with E-state index in [2.05, 4.69) is 15.3 Å². The molecule has 0 atom stereocenters. The number of aromatic nitrogens is 2. The summed E-state index contributed by atoms with van der Waals surface area (Å²) in [5, 5.41) is 14.5. The summed E-state index contributed by atoms with van der Waals surface area (Å²) in [4.78, 5) is 9.26. The molecule has 3 aromatic rings. The summed E-state index contributed by atoms with van der Waals surface area (Å²) in [5.41, 5.74) is -0.148. The van der Waals surface area contributed by atoms with E-state index in [9.17, 15) is 4.39 Å². The van der Waals surface area contributed by atoms with Crippen LogP contribution in [0.2, 0.25) is 0 Å². The normalized spacial score (nSPS) is 10.3. The molecule has 1 N–H and O–H groups in total. The first-order chi connectivity index (χ1) is 10.2. The smallest absolute Gasteiger partial charge is 0.232 e. The van der Waals surface area contributed by atoms with Crippen molar-refractivity contribution in [2.75, 3.05) is 12.4 Å². The average molecular weight is 300 g/mol. The van der Waals surface area contributed by atoms with E-state index in [1.165, 1.54) is 29.5 Å². The van der Waals surface area contributed by atoms with E-state index in [0.29, 0.717) is 11.3 Å². The molecule has 5 nitrogen and oxygen atoms in total. The van der Waals surface area contributed by atoms with Gasteiger partial charge in [-0.1, -0.05) is 6.07 Å². The first kappa shape index (κ1) is 13.3. The average Bonchev–Trinajstić information content (AvgIpc) is 2.96. The van der Waals surface area contributed by atoms with Gasteiger partial charge in [-0.25, -0.2) is 9.37 Å². The third-order valence-electron chi connectivity index (χ3n) is 2.81. The fourth-order valence-electron chi connectivity index (χ4n) is 1.82. The molecule has 0 unspecified atom stereocenters. The number of thiophene rings is 1. The van der Waals surface area contributed by atoms with Crippen LogP contribution < -0.4 is 10.1 Å². The summed E-state index contributed by atoms with van der Waals surface area (Å²) in [7, 11) is 1.70. The molecule has 2 heterocycles. The van der Waals surface area contributed by atoms with Gasteiger partial charge in [-0.15, -0.1) is 11.3 Å². The van der Waals surface area contributed by atoms with E-state index in [-0.39, 0.29) is 17.2 Å². The van der Waals surface area contributed by atoms with Gasteiger partial charge in [-0.3, -0.25) is 0 Å². The highest BCUT2D eigenvalue weighted by molar-refractivity contribution is 7.16. The zero-order valence-electron chi connectivity index (χ0n) is 10.9. The maximum absolute atomic E-state index is 13.6. The van der Waals surface area contributed by atoms with Crippen molar-refractivity contribution in [3.63, 3.8) is 0 Å². The molecule has 0 radical (unpaired) electrons. The lowest BCUT2D eigenvalue weighted by Gasteiger charge is -2.09. The molecule has 0 spiro atoms. The Morgan fingerprint density at radius 1 is 1.33 bits per heavy atom. The Morgan fingerprint density at radius 2 is 2.19 bits per heavy atom. The van der Waals surface area contributed by atoms with Crippen LogP contribution in [0.5, 0.6) is 11.6 Å². The fraction of sp³-hybridized carbons (Fsp3) is 0.0714. The highest BCUT2D eigenvalue weighted by Gasteiger charge is 2.14. The minimum atomic E-state index is -0.626. The van der Waals surface area contributed by atoms with Crippen LogP contribution in [0, 0.1) is 17.1 Å². The first-order valence-electron chi connectivity index (χ1n) is 6.02. The summed E-state index contributed by atoms with van der Waals surface area (Å²) >= 11 is 1.44. The van der Waals surface area contributed by atoms with E-state index in [4.69, 9.17) is 10.00 Å². The minimum absolute atomic E-state index is 0.130. The van der Waals surface area contributed by atoms with Crippen LogP contribution >= 0.6 is 11.3 Å². The number of nitrogens with one attached hydrogen (secondary N) is 1. The number of hydrogen-bond acceptors (Lipinski definition) is 6. The number of halogens is 1. The lowest BCUT2D eigenvalue weighted by Crippen LogP contribution is -1.99. The number of anilines is 1. The maximum Gasteiger partial charge on any atom is 0.232 e. The van der Waals surface area contributed by atoms with Crippen molar-refractivity contribution in [1.82, 2.24) is 9.97 Å². The van der Waals surface area contributed by atoms with Gasteiger partial charge in [0.05, 0.1) is 5.39 Å². The van der Waals surface area contributed by atoms with Crippen LogP contribution in [0.1, 0.15) is 5.56 Å². The third-order valence-corrected chi connectivity index (χ3v) is 3.61. The fourth-order valence-corrected chi connectivity index (χ4v) is 2.57. The number of rotatable bonds is 3. The van der Waals surface area contributed by atoms with Crippen molar-refractivity contribution >= 4 is 27.5 Å². The standard InChI is InChI=1S/C14H9FN4OS/c1-17-14-18-12(8-5-6-21-13(8)19-14)20-11-4-2-3-10(15)9(11)7-16/h2-6H,1H3,(H,17,18,19). The van der Waals surface area contributed by atoms with Crippen molar-refractivity contribution in [3.8, 4) is 17.7 Å². The molecule has 104 valence electrons. The Hall–Kier alpha value is -2.72. The summed E-state index contributed by atoms with van der Waals surface area (Å²) < 4.78 is 19.3. The van der Waals surface area contributed by atoms with Gasteiger partial charge in [-0.2, -0.15) is 10.2 Å². The summed E-state index contributed by atoms with van der Waals surface area (Å²) in [6.45, 7) is 0. The Bertz CT molecular complexity index is 856. The lowest BCUT2D eigenvalue weighted by molar-refractivity contribution is 0.462. The Balaban J connectivity index is 2.12. The molecular weight excluding hydrogens is 291 g/mol. The van der Waals surface area contributed by atoms with Crippen LogP contribution in [0.4, 0.5) is 10.3 Å². The summed E-state index contributed by atoms with van der Waals surface area (Å²) in [6, 6.07) is 7.84. The van der Waals surface area contributed by atoms with Crippen LogP contribution in [0.3, 0.4) is 0 Å². The third kappa shape index (κ3) is 2.37. The van der Waals surface area contributed by atoms with Crippen LogP contribution in [0.15, 0.2) is 29.6 Å². The van der Waals surface area contributed by atoms with Crippen molar-refractivity contribution in [2.45, 2.75) is 0 Å². The predicted molar refractivity (Wildman–Crippen MR) is 78.2 cm³/mol. The molecular formula is C14H9FN4OS. The second-order valence-corrected chi connectivity index (χ2v) is 4.96. The van der Waals surface area contributed by atoms with Crippen molar-refractivity contribution in [2.24, 2.45) is 0 Å². The number of benzene rings is 1. The van der Waals surface area contributed by atoms with Gasteiger partial charge in [0.15, 0.2) is 0 Å². The molecule has 0 amide bonds. The van der Waals surface area contributed by atoms with E-state index in [1.54, 1.807) is 13.1 Å². The number of fused-ring (bicyclic) bond motifs is 1. The molecule has 0 aliphatic carbocycles. The van der Waals surface area contributed by atoms with Crippen molar-refractivity contribution in [3.05, 3.63) is 41.0 Å². The maximum atomic E-state index is 13.6. The van der Waals surface area contributed by atoms with Gasteiger partial charge in [0, 0.05) is 7.05 Å². The summed E-state index contributed by atoms with van der Waals surface area (Å²) in [5.74, 6) is 0.188. The minimum Gasteiger partial charge on any atom is -0.437 e. The van der Waals surface area contributed by atoms with E-state index in [0.717, 1.165) is 4.83 Å². The van der Waals surface area contributed by atoms with E-state index >= 15 is 0 Å². The van der Waals surface area contributed by atoms with Gasteiger partial charge < -0.3 is 10.1 Å². The SMILES string of the molecule is CNc1nc(Oc2cccc(F)c2C#N)c2ccsc2n1. The van der Waals surface area contributed by atoms with Gasteiger partial charge in [0.25, 0.3) is 0 Å². The van der Waals surface area contributed by atoms with E-state index < -0.39 is 5.82 Å². The topological polar surface area (TPSA) is 70.8 Å². The second-order valence-electron chi connectivity index (χ2n) is 4.07. The highest BCUT2D eigenvalue weighted by atomic mass is 32.1. The molecule has 2 aromatic heterocycles. The number of ether oxygens (including phenoxy) is 1. The van der Waals surface area contributed by atoms with Gasteiger partial charge in [-0.05, 0) is 23.6 Å². The Labute approximate surface area is 123 Å². The second kappa shape index (κ2) is 5.34. The molecule has 0 fully saturated rings. The Kier molecular flexibility index (Phi) is 3.38. The van der Waals surface area contributed by atoms with Gasteiger partial charge in [0.2, 0.25) is 11.8 Å². The number of nitriles is 1. The monoisotopic (exact) mass is 300 g/mol. The largest absolute Gasteiger partial charge is 0.437 e. The van der Waals surface area contributed by atoms with Crippen molar-refractivity contribution < 1.29 is 9.13 Å². The molecule has 0 aliphatic heterocycles. The van der Waals surface area contributed by atoms with Crippen LogP contribution in [0.25, 0.3) is 10.2 Å². The number of hydrogen-bond donors (Lipinski definition) is 1. The molecule has 7 heteroatoms. The molecule has 3 rings (SSSR count). The molecule has 21 heavy (non-hydrogen) atoms. The number of nitrogens with zero attached hydrogens (tertiary/aromatic N) is 3. The van der Waals surface area contributed by atoms with Crippen LogP contribution in [-0.4, -0.2) is 17.0 Å². The first-order valence-corrected chi connectivity index (χ1v) is 6.90. The molecule has 0 saturated heterocycles. The zero-order valence-corrected chi connectivity index (χ0v) is 11.7.